The molecule has 150 valence electrons. The van der Waals surface area contributed by atoms with Crippen LogP contribution in [-0.2, 0) is 14.3 Å². The number of esters is 1. The third-order valence-electron chi connectivity index (χ3n) is 4.23. The summed E-state index contributed by atoms with van der Waals surface area (Å²) in [6, 6.07) is 27.5. The number of hydrogen-bond donors (Lipinski definition) is 1. The second kappa shape index (κ2) is 10.3. The molecule has 0 heterocycles. The molecular weight excluding hydrogens is 396 g/mol. The molecule has 0 spiro atoms. The summed E-state index contributed by atoms with van der Waals surface area (Å²) in [4.78, 5) is 26.4. The van der Waals surface area contributed by atoms with Crippen LogP contribution in [0, 0.1) is 11.3 Å². The van der Waals surface area contributed by atoms with Gasteiger partial charge in [-0.2, -0.15) is 5.26 Å². The number of amides is 1. The Labute approximate surface area is 179 Å². The van der Waals surface area contributed by atoms with E-state index in [1.54, 1.807) is 24.3 Å². The Bertz CT molecular complexity index is 1050. The largest absolute Gasteiger partial charge is 0.451 e. The van der Waals surface area contributed by atoms with Gasteiger partial charge in [-0.05, 0) is 42.8 Å². The highest BCUT2D eigenvalue weighted by Gasteiger charge is 2.27. The number of ether oxygens (including phenoxy) is 1. The average molecular weight is 417 g/mol. The van der Waals surface area contributed by atoms with Gasteiger partial charge in [0.05, 0.1) is 11.6 Å². The number of thioether (sulfide) groups is 1. The first-order chi connectivity index (χ1) is 14.6. The van der Waals surface area contributed by atoms with Crippen LogP contribution in [0.5, 0.6) is 0 Å². The molecule has 0 unspecified atom stereocenters. The van der Waals surface area contributed by atoms with Gasteiger partial charge in [0, 0.05) is 10.6 Å². The van der Waals surface area contributed by atoms with Gasteiger partial charge in [-0.25, -0.2) is 0 Å². The van der Waals surface area contributed by atoms with E-state index in [0.29, 0.717) is 11.3 Å². The highest BCUT2D eigenvalue weighted by atomic mass is 32.2. The Balaban J connectivity index is 1.71. The predicted molar refractivity (Wildman–Crippen MR) is 117 cm³/mol. The molecule has 0 saturated carbocycles. The topological polar surface area (TPSA) is 79.2 Å². The number of benzene rings is 3. The summed E-state index contributed by atoms with van der Waals surface area (Å²) in [5.41, 5.74) is 1.70. The summed E-state index contributed by atoms with van der Waals surface area (Å²) in [7, 11) is 0. The number of hydrogen-bond acceptors (Lipinski definition) is 5. The number of anilines is 1. The quantitative estimate of drug-likeness (QED) is 0.435. The van der Waals surface area contributed by atoms with Gasteiger partial charge in [0.1, 0.15) is 5.25 Å². The van der Waals surface area contributed by atoms with Crippen LogP contribution in [0.2, 0.25) is 0 Å². The molecule has 0 aliphatic heterocycles. The smallest absolute Gasteiger partial charge is 0.324 e. The SMILES string of the molecule is C[C@H](OC(=O)[C@@H](Sc1ccccc1)c1ccccc1)C(=O)Nc1cccc(C#N)c1. The molecular formula is C24H20N2O3S. The molecule has 0 fully saturated rings. The standard InChI is InChI=1S/C24H20N2O3S/c1-17(23(27)26-20-12-8-9-18(15-20)16-25)29-24(28)22(19-10-4-2-5-11-19)30-21-13-6-3-7-14-21/h2-15,17,22H,1H3,(H,26,27)/t17-,22-/m0/s1. The van der Waals surface area contributed by atoms with Crippen molar-refractivity contribution in [1.29, 1.82) is 5.26 Å². The molecule has 0 saturated heterocycles. The Hall–Kier alpha value is -3.56. The lowest BCUT2D eigenvalue weighted by Crippen LogP contribution is -2.31. The van der Waals surface area contributed by atoms with Crippen molar-refractivity contribution in [2.45, 2.75) is 23.2 Å². The summed E-state index contributed by atoms with van der Waals surface area (Å²) < 4.78 is 5.49. The molecule has 1 amide bonds. The van der Waals surface area contributed by atoms with Gasteiger partial charge in [0.2, 0.25) is 0 Å². The van der Waals surface area contributed by atoms with Gasteiger partial charge in [-0.3, -0.25) is 9.59 Å². The summed E-state index contributed by atoms with van der Waals surface area (Å²) in [6.07, 6.45) is -0.995. The van der Waals surface area contributed by atoms with E-state index >= 15 is 0 Å². The molecule has 5 nitrogen and oxygen atoms in total. The lowest BCUT2D eigenvalue weighted by atomic mass is 10.1. The van der Waals surface area contributed by atoms with Crippen LogP contribution in [0.1, 0.15) is 23.3 Å². The minimum absolute atomic E-state index is 0.431. The minimum Gasteiger partial charge on any atom is -0.451 e. The zero-order valence-electron chi connectivity index (χ0n) is 16.3. The second-order valence-corrected chi connectivity index (χ2v) is 7.66. The number of nitrogens with zero attached hydrogens (tertiary/aromatic N) is 1. The van der Waals surface area contributed by atoms with E-state index < -0.39 is 23.2 Å². The molecule has 1 N–H and O–H groups in total. The highest BCUT2D eigenvalue weighted by molar-refractivity contribution is 8.00. The van der Waals surface area contributed by atoms with Gasteiger partial charge in [-0.1, -0.05) is 54.6 Å². The highest BCUT2D eigenvalue weighted by Crippen LogP contribution is 2.36. The zero-order chi connectivity index (χ0) is 21.3. The van der Waals surface area contributed by atoms with Gasteiger partial charge in [0.25, 0.3) is 5.91 Å². The third-order valence-corrected chi connectivity index (χ3v) is 5.48. The Morgan fingerprint density at radius 2 is 1.63 bits per heavy atom. The maximum atomic E-state index is 12.9. The second-order valence-electron chi connectivity index (χ2n) is 6.48. The maximum Gasteiger partial charge on any atom is 0.324 e. The first-order valence-corrected chi connectivity index (χ1v) is 10.2. The minimum atomic E-state index is -0.995. The number of nitrogens with one attached hydrogen (secondary N) is 1. The van der Waals surface area contributed by atoms with Crippen molar-refractivity contribution in [2.75, 3.05) is 5.32 Å². The fraction of sp³-hybridized carbons (Fsp3) is 0.125. The van der Waals surface area contributed by atoms with E-state index in [2.05, 4.69) is 5.32 Å². The lowest BCUT2D eigenvalue weighted by Gasteiger charge is -2.19. The lowest BCUT2D eigenvalue weighted by molar-refractivity contribution is -0.152. The first-order valence-electron chi connectivity index (χ1n) is 9.35. The number of nitriles is 1. The van der Waals surface area contributed by atoms with Crippen LogP contribution < -0.4 is 5.32 Å². The van der Waals surface area contributed by atoms with Crippen molar-refractivity contribution in [3.8, 4) is 6.07 Å². The van der Waals surface area contributed by atoms with Crippen LogP contribution in [0.4, 0.5) is 5.69 Å². The number of rotatable bonds is 7. The molecule has 0 aliphatic rings. The molecule has 30 heavy (non-hydrogen) atoms. The molecule has 6 heteroatoms. The Morgan fingerprint density at radius 3 is 2.30 bits per heavy atom. The van der Waals surface area contributed by atoms with Crippen LogP contribution in [0.25, 0.3) is 0 Å². The van der Waals surface area contributed by atoms with E-state index in [4.69, 9.17) is 10.00 Å². The van der Waals surface area contributed by atoms with Crippen LogP contribution in [-0.4, -0.2) is 18.0 Å². The fourth-order valence-corrected chi connectivity index (χ4v) is 3.75. The van der Waals surface area contributed by atoms with Crippen molar-refractivity contribution in [1.82, 2.24) is 0 Å². The summed E-state index contributed by atoms with van der Waals surface area (Å²) in [5, 5.41) is 11.1. The average Bonchev–Trinajstić information content (AvgIpc) is 2.78. The summed E-state index contributed by atoms with van der Waals surface area (Å²) in [6.45, 7) is 1.52. The summed E-state index contributed by atoms with van der Waals surface area (Å²) in [5.74, 6) is -0.960. The van der Waals surface area contributed by atoms with Crippen molar-refractivity contribution in [2.24, 2.45) is 0 Å². The van der Waals surface area contributed by atoms with E-state index in [1.807, 2.05) is 66.7 Å². The Kier molecular flexibility index (Phi) is 7.25. The van der Waals surface area contributed by atoms with E-state index in [0.717, 1.165) is 10.5 Å². The maximum absolute atomic E-state index is 12.9. The number of carbonyl (C=O) groups excluding carboxylic acids is 2. The third kappa shape index (κ3) is 5.72. The van der Waals surface area contributed by atoms with E-state index in [9.17, 15) is 9.59 Å². The summed E-state index contributed by atoms with van der Waals surface area (Å²) >= 11 is 1.37. The van der Waals surface area contributed by atoms with Gasteiger partial charge in [-0.15, -0.1) is 11.8 Å². The van der Waals surface area contributed by atoms with Gasteiger partial charge >= 0.3 is 5.97 Å². The van der Waals surface area contributed by atoms with Crippen molar-refractivity contribution >= 4 is 29.3 Å². The van der Waals surface area contributed by atoms with Gasteiger partial charge in [0.15, 0.2) is 6.10 Å². The van der Waals surface area contributed by atoms with E-state index in [1.165, 1.54) is 18.7 Å². The molecule has 3 rings (SSSR count). The molecule has 0 aliphatic carbocycles. The van der Waals surface area contributed by atoms with E-state index in [-0.39, 0.29) is 0 Å². The number of carbonyl (C=O) groups is 2. The molecule has 3 aromatic rings. The van der Waals surface area contributed by atoms with Crippen molar-refractivity contribution in [3.63, 3.8) is 0 Å². The molecule has 0 aromatic heterocycles. The molecule has 0 bridgehead atoms. The zero-order valence-corrected chi connectivity index (χ0v) is 17.1. The Morgan fingerprint density at radius 1 is 0.967 bits per heavy atom. The van der Waals surface area contributed by atoms with Crippen molar-refractivity contribution < 1.29 is 14.3 Å². The normalized spacial score (nSPS) is 12.3. The molecule has 2 atom stereocenters. The predicted octanol–water partition coefficient (Wildman–Crippen LogP) is 4.96. The monoisotopic (exact) mass is 416 g/mol. The van der Waals surface area contributed by atoms with Crippen LogP contribution in [0.15, 0.2) is 89.8 Å². The molecule has 0 radical (unpaired) electrons. The first kappa shape index (κ1) is 21.2. The van der Waals surface area contributed by atoms with Crippen molar-refractivity contribution in [3.05, 3.63) is 96.1 Å². The fourth-order valence-electron chi connectivity index (χ4n) is 2.72. The van der Waals surface area contributed by atoms with Gasteiger partial charge < -0.3 is 10.1 Å². The van der Waals surface area contributed by atoms with Crippen LogP contribution in [0.3, 0.4) is 0 Å². The molecule has 3 aromatic carbocycles. The van der Waals surface area contributed by atoms with Crippen LogP contribution >= 0.6 is 11.8 Å².